The SMILES string of the molecule is C=C/C=C(\C=C)c1nnc(-c2ccccc2)c2ccccc12. The molecule has 0 amide bonds. The zero-order chi connectivity index (χ0) is 15.4. The van der Waals surface area contributed by atoms with Crippen LogP contribution in [0.1, 0.15) is 5.69 Å². The van der Waals surface area contributed by atoms with Crippen molar-refractivity contribution in [2.45, 2.75) is 0 Å². The lowest BCUT2D eigenvalue weighted by molar-refractivity contribution is 1.04. The largest absolute Gasteiger partial charge is 0.149 e. The number of hydrogen-bond donors (Lipinski definition) is 0. The Labute approximate surface area is 130 Å². The lowest BCUT2D eigenvalue weighted by Crippen LogP contribution is -1.96. The van der Waals surface area contributed by atoms with Crippen molar-refractivity contribution in [2.75, 3.05) is 0 Å². The summed E-state index contributed by atoms with van der Waals surface area (Å²) in [7, 11) is 0. The molecule has 0 N–H and O–H groups in total. The Morgan fingerprint density at radius 2 is 1.50 bits per heavy atom. The van der Waals surface area contributed by atoms with Crippen molar-refractivity contribution in [3.8, 4) is 11.3 Å². The summed E-state index contributed by atoms with van der Waals surface area (Å²) in [5.41, 5.74) is 3.69. The molecule has 3 aromatic rings. The zero-order valence-electron chi connectivity index (χ0n) is 12.2. The molecule has 1 aromatic heterocycles. The minimum absolute atomic E-state index is 0.824. The van der Waals surface area contributed by atoms with Gasteiger partial charge in [0, 0.05) is 21.9 Å². The first-order chi connectivity index (χ1) is 10.8. The van der Waals surface area contributed by atoms with E-state index in [9.17, 15) is 0 Å². The van der Waals surface area contributed by atoms with Crippen LogP contribution in [0.25, 0.3) is 27.6 Å². The van der Waals surface area contributed by atoms with E-state index in [1.54, 1.807) is 12.2 Å². The van der Waals surface area contributed by atoms with E-state index in [0.29, 0.717) is 0 Å². The van der Waals surface area contributed by atoms with E-state index in [4.69, 9.17) is 0 Å². The van der Waals surface area contributed by atoms with E-state index in [0.717, 1.165) is 33.3 Å². The molecule has 0 radical (unpaired) electrons. The average Bonchev–Trinajstić information content (AvgIpc) is 2.60. The Kier molecular flexibility index (Phi) is 3.92. The summed E-state index contributed by atoms with van der Waals surface area (Å²) in [6.45, 7) is 7.61. The second-order valence-electron chi connectivity index (χ2n) is 4.87. The Morgan fingerprint density at radius 3 is 2.18 bits per heavy atom. The van der Waals surface area contributed by atoms with Gasteiger partial charge in [-0.25, -0.2) is 0 Å². The molecule has 0 aliphatic rings. The predicted molar refractivity (Wildman–Crippen MR) is 93.3 cm³/mol. The number of fused-ring (bicyclic) bond motifs is 1. The summed E-state index contributed by atoms with van der Waals surface area (Å²) < 4.78 is 0. The highest BCUT2D eigenvalue weighted by molar-refractivity contribution is 6.00. The summed E-state index contributed by atoms with van der Waals surface area (Å²) in [6.07, 6.45) is 5.41. The number of aromatic nitrogens is 2. The third-order valence-electron chi connectivity index (χ3n) is 3.53. The van der Waals surface area contributed by atoms with Crippen LogP contribution in [0, 0.1) is 0 Å². The van der Waals surface area contributed by atoms with Gasteiger partial charge in [0.25, 0.3) is 0 Å². The number of nitrogens with zero attached hydrogens (tertiary/aromatic N) is 2. The minimum atomic E-state index is 0.824. The molecule has 2 heteroatoms. The van der Waals surface area contributed by atoms with Crippen molar-refractivity contribution in [1.82, 2.24) is 10.2 Å². The fraction of sp³-hybridized carbons (Fsp3) is 0. The highest BCUT2D eigenvalue weighted by Gasteiger charge is 2.11. The number of benzene rings is 2. The van der Waals surface area contributed by atoms with Gasteiger partial charge >= 0.3 is 0 Å². The second-order valence-corrected chi connectivity index (χ2v) is 4.87. The van der Waals surface area contributed by atoms with Gasteiger partial charge in [-0.15, -0.1) is 10.2 Å². The van der Waals surface area contributed by atoms with E-state index in [1.165, 1.54) is 0 Å². The third-order valence-corrected chi connectivity index (χ3v) is 3.53. The van der Waals surface area contributed by atoms with Crippen LogP contribution < -0.4 is 0 Å². The predicted octanol–water partition coefficient (Wildman–Crippen LogP) is 5.05. The first-order valence-corrected chi connectivity index (χ1v) is 7.11. The van der Waals surface area contributed by atoms with Gasteiger partial charge in [-0.3, -0.25) is 0 Å². The Bertz CT molecular complexity index is 861. The van der Waals surface area contributed by atoms with E-state index in [1.807, 2.05) is 48.5 Å². The average molecular weight is 284 g/mol. The summed E-state index contributed by atoms with van der Waals surface area (Å²) in [5, 5.41) is 11.0. The molecular formula is C20H16N2. The third kappa shape index (κ3) is 2.47. The first-order valence-electron chi connectivity index (χ1n) is 7.11. The molecule has 2 nitrogen and oxygen atoms in total. The first kappa shape index (κ1) is 14.0. The molecule has 0 spiro atoms. The van der Waals surface area contributed by atoms with Crippen molar-refractivity contribution in [2.24, 2.45) is 0 Å². The molecule has 0 aliphatic heterocycles. The minimum Gasteiger partial charge on any atom is -0.149 e. The molecule has 0 saturated carbocycles. The van der Waals surface area contributed by atoms with Gasteiger partial charge in [-0.1, -0.05) is 86.0 Å². The van der Waals surface area contributed by atoms with E-state index in [2.05, 4.69) is 35.5 Å². The van der Waals surface area contributed by atoms with Gasteiger partial charge < -0.3 is 0 Å². The lowest BCUT2D eigenvalue weighted by Gasteiger charge is -2.09. The molecular weight excluding hydrogens is 268 g/mol. The molecule has 106 valence electrons. The van der Waals surface area contributed by atoms with Gasteiger partial charge in [0.2, 0.25) is 0 Å². The van der Waals surface area contributed by atoms with Crippen LogP contribution in [0.3, 0.4) is 0 Å². The van der Waals surface area contributed by atoms with Crippen LogP contribution in [0.5, 0.6) is 0 Å². The van der Waals surface area contributed by atoms with Crippen LogP contribution >= 0.6 is 0 Å². The van der Waals surface area contributed by atoms with Crippen molar-refractivity contribution in [3.63, 3.8) is 0 Å². The molecule has 0 unspecified atom stereocenters. The van der Waals surface area contributed by atoms with Gasteiger partial charge in [0.15, 0.2) is 0 Å². The van der Waals surface area contributed by atoms with Gasteiger partial charge in [-0.05, 0) is 0 Å². The molecule has 1 heterocycles. The molecule has 0 atom stereocenters. The summed E-state index contributed by atoms with van der Waals surface area (Å²) in [5.74, 6) is 0. The van der Waals surface area contributed by atoms with Crippen LogP contribution in [0.15, 0.2) is 86.0 Å². The maximum absolute atomic E-state index is 4.46. The van der Waals surface area contributed by atoms with Gasteiger partial charge in [0.05, 0.1) is 0 Å². The monoisotopic (exact) mass is 284 g/mol. The van der Waals surface area contributed by atoms with Crippen molar-refractivity contribution < 1.29 is 0 Å². The van der Waals surface area contributed by atoms with Crippen LogP contribution in [-0.4, -0.2) is 10.2 Å². The molecule has 2 aromatic carbocycles. The molecule has 0 bridgehead atoms. The second kappa shape index (κ2) is 6.19. The maximum Gasteiger partial charge on any atom is 0.101 e. The summed E-state index contributed by atoms with van der Waals surface area (Å²) >= 11 is 0. The van der Waals surface area contributed by atoms with Crippen LogP contribution in [0.4, 0.5) is 0 Å². The standard InChI is InChI=1S/C20H16N2/c1-3-10-15(4-2)19-17-13-8-9-14-18(17)20(22-21-19)16-11-6-5-7-12-16/h3-14H,1-2H2/b15-10+. The molecule has 0 fully saturated rings. The molecule has 3 rings (SSSR count). The normalized spacial score (nSPS) is 11.4. The zero-order valence-corrected chi connectivity index (χ0v) is 12.2. The number of hydrogen-bond acceptors (Lipinski definition) is 2. The lowest BCUT2D eigenvalue weighted by atomic mass is 10.0. The van der Waals surface area contributed by atoms with Crippen molar-refractivity contribution >= 4 is 16.3 Å². The van der Waals surface area contributed by atoms with E-state index in [-0.39, 0.29) is 0 Å². The van der Waals surface area contributed by atoms with Crippen LogP contribution in [0.2, 0.25) is 0 Å². The topological polar surface area (TPSA) is 25.8 Å². The highest BCUT2D eigenvalue weighted by atomic mass is 15.1. The summed E-state index contributed by atoms with van der Waals surface area (Å²) in [4.78, 5) is 0. The number of allylic oxidation sites excluding steroid dienone is 4. The molecule has 22 heavy (non-hydrogen) atoms. The Balaban J connectivity index is 2.31. The van der Waals surface area contributed by atoms with Crippen molar-refractivity contribution in [3.05, 3.63) is 91.7 Å². The summed E-state index contributed by atoms with van der Waals surface area (Å²) in [6, 6.07) is 18.3. The van der Waals surface area contributed by atoms with Crippen LogP contribution in [-0.2, 0) is 0 Å². The number of rotatable bonds is 4. The smallest absolute Gasteiger partial charge is 0.101 e. The van der Waals surface area contributed by atoms with E-state index >= 15 is 0 Å². The maximum atomic E-state index is 4.46. The van der Waals surface area contributed by atoms with Gasteiger partial charge in [0.1, 0.15) is 11.4 Å². The van der Waals surface area contributed by atoms with Crippen molar-refractivity contribution in [1.29, 1.82) is 0 Å². The molecule has 0 saturated heterocycles. The fourth-order valence-corrected chi connectivity index (χ4v) is 2.50. The fourth-order valence-electron chi connectivity index (χ4n) is 2.50. The highest BCUT2D eigenvalue weighted by Crippen LogP contribution is 2.30. The Morgan fingerprint density at radius 1 is 0.818 bits per heavy atom. The van der Waals surface area contributed by atoms with Gasteiger partial charge in [-0.2, -0.15) is 0 Å². The Hall–Kier alpha value is -3.00. The molecule has 0 aliphatic carbocycles. The quantitative estimate of drug-likeness (QED) is 0.626. The van der Waals surface area contributed by atoms with E-state index < -0.39 is 0 Å².